The molecule has 0 radical (unpaired) electrons. The zero-order chi connectivity index (χ0) is 18.6. The van der Waals surface area contributed by atoms with Crippen molar-refractivity contribution in [2.24, 2.45) is 0 Å². The molecule has 27 heavy (non-hydrogen) atoms. The topological polar surface area (TPSA) is 108 Å². The third-order valence-corrected chi connectivity index (χ3v) is 4.21. The number of nitrogens with zero attached hydrogens (tertiary/aromatic N) is 6. The summed E-state index contributed by atoms with van der Waals surface area (Å²) in [7, 11) is 0. The van der Waals surface area contributed by atoms with E-state index < -0.39 is 0 Å². The van der Waals surface area contributed by atoms with E-state index in [0.717, 1.165) is 29.1 Å². The van der Waals surface area contributed by atoms with Gasteiger partial charge in [-0.1, -0.05) is 30.3 Å². The van der Waals surface area contributed by atoms with Crippen LogP contribution in [0.3, 0.4) is 0 Å². The Kier molecular flexibility index (Phi) is 4.33. The van der Waals surface area contributed by atoms with Crippen molar-refractivity contribution in [3.8, 4) is 6.07 Å². The van der Waals surface area contributed by atoms with Gasteiger partial charge >= 0.3 is 0 Å². The van der Waals surface area contributed by atoms with Crippen molar-refractivity contribution in [1.29, 1.82) is 5.26 Å². The Morgan fingerprint density at radius 2 is 2.11 bits per heavy atom. The Labute approximate surface area is 155 Å². The minimum absolute atomic E-state index is 0.245. The molecule has 2 heterocycles. The number of fused-ring (bicyclic) bond motifs is 1. The van der Waals surface area contributed by atoms with E-state index in [0.29, 0.717) is 0 Å². The van der Waals surface area contributed by atoms with E-state index in [9.17, 15) is 5.26 Å². The molecule has 0 fully saturated rings. The first-order valence-corrected chi connectivity index (χ1v) is 8.36. The van der Waals surface area contributed by atoms with E-state index in [2.05, 4.69) is 47.6 Å². The normalized spacial score (nSPS) is 11.5. The SMILES string of the molecule is Cc1nc2cc(NC=C(C#N)c3nn[nH]n3)ccc2n1Cc1ccccc1. The standard InChI is InChI=1S/C19H16N8/c1-13-22-17-9-16(21-11-15(10-20)19-23-25-26-24-19)7-8-18(17)27(13)12-14-5-3-2-4-6-14/h2-9,11,21H,12H2,1H3,(H,23,24,25,26). The third-order valence-electron chi connectivity index (χ3n) is 4.21. The maximum atomic E-state index is 9.23. The number of tetrazole rings is 1. The zero-order valence-corrected chi connectivity index (χ0v) is 14.6. The lowest BCUT2D eigenvalue weighted by Gasteiger charge is -2.07. The van der Waals surface area contributed by atoms with Gasteiger partial charge in [-0.2, -0.15) is 10.5 Å². The van der Waals surface area contributed by atoms with E-state index in [1.165, 1.54) is 5.56 Å². The Morgan fingerprint density at radius 1 is 1.26 bits per heavy atom. The number of H-pyrrole nitrogens is 1. The number of nitriles is 1. The second-order valence-electron chi connectivity index (χ2n) is 5.98. The Morgan fingerprint density at radius 3 is 2.85 bits per heavy atom. The number of nitrogens with one attached hydrogen (secondary N) is 2. The molecule has 0 saturated carbocycles. The lowest BCUT2D eigenvalue weighted by Crippen LogP contribution is -2.01. The van der Waals surface area contributed by atoms with Gasteiger partial charge in [-0.25, -0.2) is 4.98 Å². The summed E-state index contributed by atoms with van der Waals surface area (Å²) >= 11 is 0. The lowest BCUT2D eigenvalue weighted by atomic mass is 10.2. The molecule has 2 aromatic carbocycles. The first kappa shape index (κ1) is 16.5. The highest BCUT2D eigenvalue weighted by Gasteiger charge is 2.09. The van der Waals surface area contributed by atoms with Crippen LogP contribution in [0, 0.1) is 18.3 Å². The number of aryl methyl sites for hydroxylation is 1. The predicted octanol–water partition coefficient (Wildman–Crippen LogP) is 2.88. The highest BCUT2D eigenvalue weighted by molar-refractivity contribution is 5.81. The number of allylic oxidation sites excluding steroid dienone is 1. The van der Waals surface area contributed by atoms with Gasteiger partial charge in [-0.3, -0.25) is 0 Å². The fourth-order valence-electron chi connectivity index (χ4n) is 2.88. The van der Waals surface area contributed by atoms with Gasteiger partial charge in [0, 0.05) is 18.4 Å². The van der Waals surface area contributed by atoms with Crippen LogP contribution in [0.2, 0.25) is 0 Å². The molecular weight excluding hydrogens is 340 g/mol. The number of anilines is 1. The van der Waals surface area contributed by atoms with Crippen molar-refractivity contribution in [1.82, 2.24) is 30.2 Å². The maximum absolute atomic E-state index is 9.23. The molecule has 4 aromatic rings. The molecule has 0 bridgehead atoms. The van der Waals surface area contributed by atoms with Crippen molar-refractivity contribution < 1.29 is 0 Å². The van der Waals surface area contributed by atoms with Gasteiger partial charge in [0.25, 0.3) is 0 Å². The summed E-state index contributed by atoms with van der Waals surface area (Å²) in [5.41, 5.74) is 4.28. The summed E-state index contributed by atoms with van der Waals surface area (Å²) in [6, 6.07) is 18.3. The van der Waals surface area contributed by atoms with Crippen LogP contribution in [0.15, 0.2) is 54.7 Å². The smallest absolute Gasteiger partial charge is 0.216 e. The number of aromatic nitrogens is 6. The molecular formula is C19H16N8. The second-order valence-corrected chi connectivity index (χ2v) is 5.98. The molecule has 8 nitrogen and oxygen atoms in total. The fourth-order valence-corrected chi connectivity index (χ4v) is 2.88. The Bertz CT molecular complexity index is 1130. The van der Waals surface area contributed by atoms with Gasteiger partial charge < -0.3 is 9.88 Å². The van der Waals surface area contributed by atoms with Crippen LogP contribution in [0.5, 0.6) is 0 Å². The molecule has 4 rings (SSSR count). The van der Waals surface area contributed by atoms with Crippen molar-refractivity contribution in [2.45, 2.75) is 13.5 Å². The van der Waals surface area contributed by atoms with Crippen molar-refractivity contribution >= 4 is 22.3 Å². The van der Waals surface area contributed by atoms with Crippen LogP contribution >= 0.6 is 0 Å². The van der Waals surface area contributed by atoms with E-state index in [1.54, 1.807) is 6.20 Å². The summed E-state index contributed by atoms with van der Waals surface area (Å²) in [5.74, 6) is 1.19. The maximum Gasteiger partial charge on any atom is 0.216 e. The molecule has 0 aliphatic rings. The quantitative estimate of drug-likeness (QED) is 0.532. The number of rotatable bonds is 5. The molecule has 0 atom stereocenters. The zero-order valence-electron chi connectivity index (χ0n) is 14.6. The molecule has 0 aliphatic carbocycles. The van der Waals surface area contributed by atoms with Crippen molar-refractivity contribution in [3.05, 3.63) is 71.9 Å². The molecule has 0 unspecified atom stereocenters. The van der Waals surface area contributed by atoms with Crippen LogP contribution in [0.1, 0.15) is 17.2 Å². The summed E-state index contributed by atoms with van der Waals surface area (Å²) in [6.45, 7) is 2.77. The largest absolute Gasteiger partial charge is 0.360 e. The molecule has 2 N–H and O–H groups in total. The van der Waals surface area contributed by atoms with Crippen LogP contribution < -0.4 is 5.32 Å². The minimum Gasteiger partial charge on any atom is -0.360 e. The van der Waals surface area contributed by atoms with Crippen LogP contribution in [-0.4, -0.2) is 30.2 Å². The summed E-state index contributed by atoms with van der Waals surface area (Å²) < 4.78 is 2.18. The summed E-state index contributed by atoms with van der Waals surface area (Å²) in [5, 5.41) is 25.8. The van der Waals surface area contributed by atoms with Crippen molar-refractivity contribution in [3.63, 3.8) is 0 Å². The number of hydrogen-bond acceptors (Lipinski definition) is 6. The molecule has 132 valence electrons. The molecule has 0 spiro atoms. The van der Waals surface area contributed by atoms with Crippen LogP contribution in [0.4, 0.5) is 5.69 Å². The first-order chi connectivity index (χ1) is 13.2. The number of imidazole rings is 1. The van der Waals surface area contributed by atoms with E-state index in [-0.39, 0.29) is 11.4 Å². The number of benzene rings is 2. The van der Waals surface area contributed by atoms with Crippen molar-refractivity contribution in [2.75, 3.05) is 5.32 Å². The number of hydrogen-bond donors (Lipinski definition) is 2. The van der Waals surface area contributed by atoms with Gasteiger partial charge in [0.2, 0.25) is 5.82 Å². The molecule has 0 amide bonds. The predicted molar refractivity (Wildman–Crippen MR) is 101 cm³/mol. The Hall–Kier alpha value is -3.99. The van der Waals surface area contributed by atoms with Gasteiger partial charge in [-0.15, -0.1) is 10.2 Å². The van der Waals surface area contributed by atoms with Gasteiger partial charge in [0.15, 0.2) is 0 Å². The third kappa shape index (κ3) is 3.39. The van der Waals surface area contributed by atoms with Gasteiger partial charge in [0.1, 0.15) is 17.5 Å². The van der Waals surface area contributed by atoms with Crippen LogP contribution in [-0.2, 0) is 6.54 Å². The average Bonchev–Trinajstić information content (AvgIpc) is 3.32. The van der Waals surface area contributed by atoms with Gasteiger partial charge in [-0.05, 0) is 35.9 Å². The van der Waals surface area contributed by atoms with E-state index >= 15 is 0 Å². The summed E-state index contributed by atoms with van der Waals surface area (Å²) in [6.07, 6.45) is 1.56. The van der Waals surface area contributed by atoms with E-state index in [4.69, 9.17) is 0 Å². The average molecular weight is 356 g/mol. The molecule has 8 heteroatoms. The minimum atomic E-state index is 0.245. The molecule has 0 saturated heterocycles. The summed E-state index contributed by atoms with van der Waals surface area (Å²) in [4.78, 5) is 4.66. The van der Waals surface area contributed by atoms with E-state index in [1.807, 2.05) is 49.4 Å². The Balaban J connectivity index is 1.61. The molecule has 2 aromatic heterocycles. The molecule has 0 aliphatic heterocycles. The monoisotopic (exact) mass is 356 g/mol. The highest BCUT2D eigenvalue weighted by Crippen LogP contribution is 2.22. The first-order valence-electron chi connectivity index (χ1n) is 8.36. The fraction of sp³-hybridized carbons (Fsp3) is 0.105. The highest BCUT2D eigenvalue weighted by atomic mass is 15.5. The van der Waals surface area contributed by atoms with Gasteiger partial charge in [0.05, 0.1) is 11.0 Å². The number of aromatic amines is 1. The second kappa shape index (κ2) is 7.09. The van der Waals surface area contributed by atoms with Crippen LogP contribution in [0.25, 0.3) is 16.6 Å². The lowest BCUT2D eigenvalue weighted by molar-refractivity contribution is 0.786.